The van der Waals surface area contributed by atoms with Crippen LogP contribution in [0.5, 0.6) is 0 Å². The summed E-state index contributed by atoms with van der Waals surface area (Å²) in [6.45, 7) is 2.58. The number of carbonyl (C=O) groups is 2. The first-order chi connectivity index (χ1) is 8.54. The predicted molar refractivity (Wildman–Crippen MR) is 66.0 cm³/mol. The van der Waals surface area contributed by atoms with Crippen LogP contribution < -0.4 is 5.73 Å². The van der Waals surface area contributed by atoms with E-state index in [4.69, 9.17) is 15.6 Å². The zero-order valence-electron chi connectivity index (χ0n) is 11.0. The number of carboxylic acids is 1. The second-order valence-corrected chi connectivity index (χ2v) is 4.66. The molecule has 1 saturated heterocycles. The molecule has 3 N–H and O–H groups in total. The van der Waals surface area contributed by atoms with Gasteiger partial charge in [-0.1, -0.05) is 13.3 Å². The smallest absolute Gasteiger partial charge is 0.326 e. The van der Waals surface area contributed by atoms with Crippen molar-refractivity contribution >= 4 is 11.9 Å². The second-order valence-electron chi connectivity index (χ2n) is 4.66. The van der Waals surface area contributed by atoms with Crippen LogP contribution in [0.4, 0.5) is 0 Å². The van der Waals surface area contributed by atoms with E-state index in [1.807, 2.05) is 6.92 Å². The Morgan fingerprint density at radius 1 is 1.56 bits per heavy atom. The molecule has 0 spiro atoms. The predicted octanol–water partition coefficient (Wildman–Crippen LogP) is 0.0619. The average molecular weight is 258 g/mol. The molecule has 6 nitrogen and oxygen atoms in total. The maximum Gasteiger partial charge on any atom is 0.326 e. The highest BCUT2D eigenvalue weighted by Crippen LogP contribution is 2.23. The van der Waals surface area contributed by atoms with E-state index in [-0.39, 0.29) is 24.5 Å². The van der Waals surface area contributed by atoms with Crippen LogP contribution in [0.25, 0.3) is 0 Å². The van der Waals surface area contributed by atoms with Gasteiger partial charge in [-0.15, -0.1) is 0 Å². The normalized spacial score (nSPS) is 25.2. The van der Waals surface area contributed by atoms with E-state index < -0.39 is 12.0 Å². The number of rotatable bonds is 6. The van der Waals surface area contributed by atoms with Crippen LogP contribution >= 0.6 is 0 Å². The van der Waals surface area contributed by atoms with Crippen molar-refractivity contribution in [2.24, 2.45) is 11.7 Å². The number of methoxy groups -OCH3 is 1. The minimum Gasteiger partial charge on any atom is -0.480 e. The van der Waals surface area contributed by atoms with Crippen LogP contribution in [0.1, 0.15) is 26.2 Å². The number of hydrogen-bond acceptors (Lipinski definition) is 4. The average Bonchev–Trinajstić information content (AvgIpc) is 2.79. The molecule has 1 rings (SSSR count). The first kappa shape index (κ1) is 14.9. The van der Waals surface area contributed by atoms with Gasteiger partial charge in [0.15, 0.2) is 0 Å². The third kappa shape index (κ3) is 3.20. The molecule has 6 heteroatoms. The van der Waals surface area contributed by atoms with E-state index in [1.54, 1.807) is 0 Å². The molecule has 1 fully saturated rings. The zero-order valence-corrected chi connectivity index (χ0v) is 11.0. The molecular formula is C12H22N2O4. The van der Waals surface area contributed by atoms with E-state index in [9.17, 15) is 9.59 Å². The number of likely N-dealkylation sites (tertiary alicyclic amines) is 1. The number of hydrogen-bond donors (Lipinski definition) is 2. The van der Waals surface area contributed by atoms with Crippen molar-refractivity contribution in [1.82, 2.24) is 4.90 Å². The largest absolute Gasteiger partial charge is 0.480 e. The molecule has 0 aliphatic carbocycles. The molecular weight excluding hydrogens is 236 g/mol. The maximum absolute atomic E-state index is 12.3. The summed E-state index contributed by atoms with van der Waals surface area (Å²) in [6, 6.07) is -0.784. The molecule has 3 atom stereocenters. The van der Waals surface area contributed by atoms with Gasteiger partial charge in [0, 0.05) is 26.6 Å². The molecule has 0 aromatic heterocycles. The summed E-state index contributed by atoms with van der Waals surface area (Å²) >= 11 is 0. The quantitative estimate of drug-likeness (QED) is 0.703. The van der Waals surface area contributed by atoms with Crippen LogP contribution in [0.15, 0.2) is 0 Å². The summed E-state index contributed by atoms with van der Waals surface area (Å²) in [6.07, 6.45) is 1.69. The van der Waals surface area contributed by atoms with Gasteiger partial charge in [0.1, 0.15) is 6.04 Å². The lowest BCUT2D eigenvalue weighted by Crippen LogP contribution is -2.45. The number of amides is 1. The summed E-state index contributed by atoms with van der Waals surface area (Å²) in [4.78, 5) is 24.8. The van der Waals surface area contributed by atoms with E-state index in [2.05, 4.69) is 0 Å². The topological polar surface area (TPSA) is 92.9 Å². The lowest BCUT2D eigenvalue weighted by molar-refractivity contribution is -0.149. The highest BCUT2D eigenvalue weighted by atomic mass is 16.5. The van der Waals surface area contributed by atoms with E-state index in [0.29, 0.717) is 19.4 Å². The highest BCUT2D eigenvalue weighted by molar-refractivity contribution is 5.86. The van der Waals surface area contributed by atoms with Crippen molar-refractivity contribution in [3.8, 4) is 0 Å². The second kappa shape index (κ2) is 6.70. The third-order valence-electron chi connectivity index (χ3n) is 3.44. The van der Waals surface area contributed by atoms with Gasteiger partial charge < -0.3 is 20.5 Å². The molecule has 1 aliphatic rings. The first-order valence-electron chi connectivity index (χ1n) is 6.31. The molecule has 0 radical (unpaired) electrons. The Hall–Kier alpha value is -1.14. The molecule has 1 amide bonds. The van der Waals surface area contributed by atoms with Crippen LogP contribution in [-0.4, -0.2) is 54.2 Å². The number of ether oxygens (including phenoxy) is 1. The van der Waals surface area contributed by atoms with Gasteiger partial charge in [-0.05, 0) is 6.42 Å². The Morgan fingerprint density at radius 3 is 2.67 bits per heavy atom. The Kier molecular flexibility index (Phi) is 5.55. The van der Waals surface area contributed by atoms with E-state index in [1.165, 1.54) is 12.0 Å². The van der Waals surface area contributed by atoms with Crippen LogP contribution in [0.2, 0.25) is 0 Å². The van der Waals surface area contributed by atoms with Crippen LogP contribution in [-0.2, 0) is 14.3 Å². The summed E-state index contributed by atoms with van der Waals surface area (Å²) in [5.74, 6) is -1.42. The number of nitrogens with two attached hydrogens (primary N) is 1. The van der Waals surface area contributed by atoms with Crippen molar-refractivity contribution in [2.45, 2.75) is 38.3 Å². The fraction of sp³-hybridized carbons (Fsp3) is 0.833. The lowest BCUT2D eigenvalue weighted by Gasteiger charge is -2.25. The zero-order chi connectivity index (χ0) is 13.7. The van der Waals surface area contributed by atoms with Gasteiger partial charge in [-0.25, -0.2) is 4.79 Å². The molecule has 104 valence electrons. The number of carbonyl (C=O) groups excluding carboxylic acids is 1. The monoisotopic (exact) mass is 258 g/mol. The molecule has 0 aromatic rings. The number of aliphatic carboxylic acids is 1. The van der Waals surface area contributed by atoms with Crippen molar-refractivity contribution in [1.29, 1.82) is 0 Å². The fourth-order valence-electron chi connectivity index (χ4n) is 2.37. The molecule has 18 heavy (non-hydrogen) atoms. The number of carboxylic acid groups (broad SMARTS) is 1. The Morgan fingerprint density at radius 2 is 2.22 bits per heavy atom. The van der Waals surface area contributed by atoms with Crippen LogP contribution in [0, 0.1) is 5.92 Å². The SMILES string of the molecule is CCCC(CN)C(=O)N1CC(OC)CC1C(=O)O. The lowest BCUT2D eigenvalue weighted by atomic mass is 10.0. The van der Waals surface area contributed by atoms with E-state index in [0.717, 1.165) is 6.42 Å². The van der Waals surface area contributed by atoms with Gasteiger partial charge in [0.2, 0.25) is 5.91 Å². The Balaban J connectivity index is 2.78. The third-order valence-corrected chi connectivity index (χ3v) is 3.44. The van der Waals surface area contributed by atoms with Crippen molar-refractivity contribution in [2.75, 3.05) is 20.2 Å². The molecule has 1 heterocycles. The summed E-state index contributed by atoms with van der Waals surface area (Å²) in [5.41, 5.74) is 5.59. The molecule has 3 unspecified atom stereocenters. The van der Waals surface area contributed by atoms with Crippen molar-refractivity contribution in [3.63, 3.8) is 0 Å². The number of nitrogens with zero attached hydrogens (tertiary/aromatic N) is 1. The van der Waals surface area contributed by atoms with Gasteiger partial charge >= 0.3 is 5.97 Å². The fourth-order valence-corrected chi connectivity index (χ4v) is 2.37. The molecule has 0 bridgehead atoms. The standard InChI is InChI=1S/C12H22N2O4/c1-3-4-8(6-13)11(15)14-7-9(18-2)5-10(14)12(16)17/h8-10H,3-7,13H2,1-2H3,(H,16,17). The molecule has 0 aromatic carbocycles. The summed E-state index contributed by atoms with van der Waals surface area (Å²) in [5, 5.41) is 9.15. The van der Waals surface area contributed by atoms with Gasteiger partial charge in [0.25, 0.3) is 0 Å². The minimum absolute atomic E-state index is 0.161. The molecule has 0 saturated carbocycles. The summed E-state index contributed by atoms with van der Waals surface area (Å²) < 4.78 is 5.16. The Bertz CT molecular complexity index is 308. The van der Waals surface area contributed by atoms with Crippen molar-refractivity contribution in [3.05, 3.63) is 0 Å². The minimum atomic E-state index is -0.977. The van der Waals surface area contributed by atoms with Gasteiger partial charge in [0.05, 0.1) is 12.0 Å². The Labute approximate surface area is 107 Å². The highest BCUT2D eigenvalue weighted by Gasteiger charge is 2.41. The van der Waals surface area contributed by atoms with Crippen LogP contribution in [0.3, 0.4) is 0 Å². The van der Waals surface area contributed by atoms with E-state index >= 15 is 0 Å². The molecule has 1 aliphatic heterocycles. The first-order valence-corrected chi connectivity index (χ1v) is 6.31. The van der Waals surface area contributed by atoms with Crippen molar-refractivity contribution < 1.29 is 19.4 Å². The summed E-state index contributed by atoms with van der Waals surface area (Å²) in [7, 11) is 1.53. The van der Waals surface area contributed by atoms with Gasteiger partial charge in [-0.3, -0.25) is 4.79 Å². The van der Waals surface area contributed by atoms with Gasteiger partial charge in [-0.2, -0.15) is 0 Å². The maximum atomic E-state index is 12.3.